The maximum absolute atomic E-state index is 11.7. The predicted molar refractivity (Wildman–Crippen MR) is 73.5 cm³/mol. The number of nitrogens with zero attached hydrogens (tertiary/aromatic N) is 2. The molecule has 0 radical (unpaired) electrons. The lowest BCUT2D eigenvalue weighted by Gasteiger charge is -2.05. The summed E-state index contributed by atoms with van der Waals surface area (Å²) in [5, 5.41) is 7.33. The first-order chi connectivity index (χ1) is 8.56. The van der Waals surface area contributed by atoms with Gasteiger partial charge in [-0.1, -0.05) is 19.8 Å². The summed E-state index contributed by atoms with van der Waals surface area (Å²) in [6.07, 6.45) is 4.78. The zero-order valence-corrected chi connectivity index (χ0v) is 12.0. The molecular weight excluding hydrogens is 226 g/mol. The Kier molecular flexibility index (Phi) is 5.89. The van der Waals surface area contributed by atoms with Gasteiger partial charge in [-0.2, -0.15) is 5.10 Å². The molecule has 0 saturated carbocycles. The van der Waals surface area contributed by atoms with Crippen LogP contribution in [0.2, 0.25) is 0 Å². The first-order valence-corrected chi connectivity index (χ1v) is 6.82. The largest absolute Gasteiger partial charge is 0.356 e. The number of aryl methyl sites for hydroxylation is 2. The number of hydrogen-bond acceptors (Lipinski definition) is 2. The molecule has 1 N–H and O–H groups in total. The molecule has 1 aromatic rings. The summed E-state index contributed by atoms with van der Waals surface area (Å²) in [6, 6.07) is 0. The van der Waals surface area contributed by atoms with E-state index in [-0.39, 0.29) is 5.91 Å². The van der Waals surface area contributed by atoms with Crippen molar-refractivity contribution in [2.45, 2.75) is 52.9 Å². The average Bonchev–Trinajstić information content (AvgIpc) is 2.57. The molecule has 1 amide bonds. The van der Waals surface area contributed by atoms with Crippen LogP contribution in [0.3, 0.4) is 0 Å². The van der Waals surface area contributed by atoms with Gasteiger partial charge in [0.2, 0.25) is 5.91 Å². The smallest absolute Gasteiger partial charge is 0.220 e. The Morgan fingerprint density at radius 2 is 2.06 bits per heavy atom. The Hall–Kier alpha value is -1.32. The maximum Gasteiger partial charge on any atom is 0.220 e. The third-order valence-electron chi connectivity index (χ3n) is 3.36. The van der Waals surface area contributed by atoms with Crippen LogP contribution in [0.5, 0.6) is 0 Å². The molecule has 0 aliphatic rings. The minimum atomic E-state index is 0.147. The summed E-state index contributed by atoms with van der Waals surface area (Å²) in [5.74, 6) is 0.147. The molecule has 102 valence electrons. The fourth-order valence-electron chi connectivity index (χ4n) is 2.11. The number of unbranched alkanes of at least 4 members (excludes halogenated alkanes) is 2. The first-order valence-electron chi connectivity index (χ1n) is 6.82. The first kappa shape index (κ1) is 14.7. The average molecular weight is 251 g/mol. The summed E-state index contributed by atoms with van der Waals surface area (Å²) in [7, 11) is 1.94. The van der Waals surface area contributed by atoms with E-state index < -0.39 is 0 Å². The Bertz CT molecular complexity index is 396. The van der Waals surface area contributed by atoms with Gasteiger partial charge in [0.15, 0.2) is 0 Å². The quantitative estimate of drug-likeness (QED) is 0.756. The molecule has 0 spiro atoms. The maximum atomic E-state index is 11.7. The summed E-state index contributed by atoms with van der Waals surface area (Å²) >= 11 is 0. The molecule has 0 saturated heterocycles. The second-order valence-corrected chi connectivity index (χ2v) is 4.83. The number of carbonyl (C=O) groups is 1. The van der Waals surface area contributed by atoms with Gasteiger partial charge in [-0.3, -0.25) is 9.48 Å². The van der Waals surface area contributed by atoms with Crippen molar-refractivity contribution >= 4 is 5.91 Å². The van der Waals surface area contributed by atoms with E-state index >= 15 is 0 Å². The lowest BCUT2D eigenvalue weighted by molar-refractivity contribution is -0.121. The molecule has 0 aliphatic carbocycles. The van der Waals surface area contributed by atoms with Gasteiger partial charge in [0.1, 0.15) is 0 Å². The Morgan fingerprint density at radius 3 is 2.61 bits per heavy atom. The van der Waals surface area contributed by atoms with Crippen LogP contribution in [0.4, 0.5) is 0 Å². The molecule has 0 unspecified atom stereocenters. The second-order valence-electron chi connectivity index (χ2n) is 4.83. The molecule has 4 heteroatoms. The molecule has 0 atom stereocenters. The number of carbonyl (C=O) groups excluding carboxylic acids is 1. The predicted octanol–water partition coefficient (Wildman–Crippen LogP) is 2.28. The Morgan fingerprint density at radius 1 is 1.33 bits per heavy atom. The highest BCUT2D eigenvalue weighted by molar-refractivity contribution is 5.76. The molecular formula is C14H25N3O. The highest BCUT2D eigenvalue weighted by atomic mass is 16.1. The van der Waals surface area contributed by atoms with E-state index in [1.807, 2.05) is 18.7 Å². The van der Waals surface area contributed by atoms with Crippen molar-refractivity contribution in [1.82, 2.24) is 15.1 Å². The van der Waals surface area contributed by atoms with Crippen LogP contribution in [-0.2, 0) is 18.3 Å². The molecule has 0 fully saturated rings. The molecule has 1 rings (SSSR count). The normalized spacial score (nSPS) is 10.7. The fourth-order valence-corrected chi connectivity index (χ4v) is 2.11. The third kappa shape index (κ3) is 4.17. The zero-order valence-electron chi connectivity index (χ0n) is 12.0. The fraction of sp³-hybridized carbons (Fsp3) is 0.714. The van der Waals surface area contributed by atoms with Crippen LogP contribution >= 0.6 is 0 Å². The topological polar surface area (TPSA) is 46.9 Å². The van der Waals surface area contributed by atoms with Gasteiger partial charge in [-0.15, -0.1) is 0 Å². The molecule has 0 bridgehead atoms. The third-order valence-corrected chi connectivity index (χ3v) is 3.36. The highest BCUT2D eigenvalue weighted by Crippen LogP contribution is 2.13. The summed E-state index contributed by atoms with van der Waals surface area (Å²) in [6.45, 7) is 7.02. The number of hydrogen-bond donors (Lipinski definition) is 1. The van der Waals surface area contributed by atoms with E-state index in [4.69, 9.17) is 0 Å². The van der Waals surface area contributed by atoms with Crippen LogP contribution in [0, 0.1) is 13.8 Å². The van der Waals surface area contributed by atoms with Crippen molar-refractivity contribution in [1.29, 1.82) is 0 Å². The van der Waals surface area contributed by atoms with Crippen LogP contribution in [0.15, 0.2) is 0 Å². The van der Waals surface area contributed by atoms with Crippen LogP contribution in [-0.4, -0.2) is 22.2 Å². The molecule has 18 heavy (non-hydrogen) atoms. The van der Waals surface area contributed by atoms with Crippen LogP contribution in [0.1, 0.15) is 49.6 Å². The van der Waals surface area contributed by atoms with Gasteiger partial charge in [0.25, 0.3) is 0 Å². The van der Waals surface area contributed by atoms with E-state index in [0.29, 0.717) is 6.42 Å². The minimum Gasteiger partial charge on any atom is -0.356 e. The van der Waals surface area contributed by atoms with E-state index in [1.165, 1.54) is 18.4 Å². The summed E-state index contributed by atoms with van der Waals surface area (Å²) in [4.78, 5) is 11.7. The van der Waals surface area contributed by atoms with E-state index in [0.717, 1.165) is 30.8 Å². The number of nitrogens with one attached hydrogen (secondary N) is 1. The van der Waals surface area contributed by atoms with Crippen molar-refractivity contribution in [2.24, 2.45) is 7.05 Å². The lowest BCUT2D eigenvalue weighted by atomic mass is 10.1. The van der Waals surface area contributed by atoms with Gasteiger partial charge in [-0.25, -0.2) is 0 Å². The number of rotatable bonds is 7. The number of amides is 1. The molecule has 1 aromatic heterocycles. The zero-order chi connectivity index (χ0) is 13.5. The molecule has 0 aliphatic heterocycles. The van der Waals surface area contributed by atoms with E-state index in [1.54, 1.807) is 0 Å². The minimum absolute atomic E-state index is 0.147. The standard InChI is InChI=1S/C14H25N3O/c1-5-6-7-10-15-14(18)9-8-13-11(2)16-17(4)12(13)3/h5-10H2,1-4H3,(H,15,18). The van der Waals surface area contributed by atoms with Gasteiger partial charge in [0, 0.05) is 25.7 Å². The van der Waals surface area contributed by atoms with Gasteiger partial charge in [0.05, 0.1) is 5.69 Å². The molecule has 1 heterocycles. The van der Waals surface area contributed by atoms with Gasteiger partial charge in [-0.05, 0) is 32.3 Å². The van der Waals surface area contributed by atoms with Crippen molar-refractivity contribution in [3.63, 3.8) is 0 Å². The van der Waals surface area contributed by atoms with E-state index in [9.17, 15) is 4.79 Å². The van der Waals surface area contributed by atoms with Crippen molar-refractivity contribution in [3.05, 3.63) is 17.0 Å². The molecule has 0 aromatic carbocycles. The van der Waals surface area contributed by atoms with Crippen LogP contribution in [0.25, 0.3) is 0 Å². The van der Waals surface area contributed by atoms with Gasteiger partial charge >= 0.3 is 0 Å². The lowest BCUT2D eigenvalue weighted by Crippen LogP contribution is -2.24. The van der Waals surface area contributed by atoms with Crippen LogP contribution < -0.4 is 5.32 Å². The monoisotopic (exact) mass is 251 g/mol. The second kappa shape index (κ2) is 7.19. The van der Waals surface area contributed by atoms with Crippen molar-refractivity contribution in [3.8, 4) is 0 Å². The highest BCUT2D eigenvalue weighted by Gasteiger charge is 2.10. The van der Waals surface area contributed by atoms with Crippen molar-refractivity contribution in [2.75, 3.05) is 6.54 Å². The van der Waals surface area contributed by atoms with Crippen molar-refractivity contribution < 1.29 is 4.79 Å². The Balaban J connectivity index is 2.34. The van der Waals surface area contributed by atoms with Gasteiger partial charge < -0.3 is 5.32 Å². The summed E-state index contributed by atoms with van der Waals surface area (Å²) < 4.78 is 1.88. The summed E-state index contributed by atoms with van der Waals surface area (Å²) in [5.41, 5.74) is 3.40. The SMILES string of the molecule is CCCCCNC(=O)CCc1c(C)nn(C)c1C. The molecule has 4 nitrogen and oxygen atoms in total. The van der Waals surface area contributed by atoms with E-state index in [2.05, 4.69) is 24.3 Å². The number of aromatic nitrogens is 2. The Labute approximate surface area is 110 Å².